The maximum absolute atomic E-state index is 3.70. The van der Waals surface area contributed by atoms with Crippen LogP contribution < -0.4 is 4.90 Å². The van der Waals surface area contributed by atoms with Crippen LogP contribution in [0.3, 0.4) is 0 Å². The smallest absolute Gasteiger partial charge is 0.0540 e. The summed E-state index contributed by atoms with van der Waals surface area (Å²) in [7, 11) is 0. The molecule has 14 aromatic carbocycles. The van der Waals surface area contributed by atoms with Crippen molar-refractivity contribution < 1.29 is 0 Å². The summed E-state index contributed by atoms with van der Waals surface area (Å²) in [6, 6.07) is 107. The number of nitrogens with zero attached hydrogens (tertiary/aromatic N) is 1. The first-order chi connectivity index (χ1) is 46.8. The molecule has 0 atom stereocenters. The van der Waals surface area contributed by atoms with Crippen LogP contribution in [0.1, 0.15) is 118 Å². The third-order valence-corrected chi connectivity index (χ3v) is 23.2. The van der Waals surface area contributed by atoms with E-state index in [0.717, 1.165) is 25.5 Å². The highest BCUT2D eigenvalue weighted by Crippen LogP contribution is 2.55. The summed E-state index contributed by atoms with van der Waals surface area (Å²) in [5.74, 6) is 0. The fraction of sp³-hybridized carbons (Fsp3) is 0.149. The summed E-state index contributed by atoms with van der Waals surface area (Å²) in [6.07, 6.45) is 0.973. The summed E-state index contributed by atoms with van der Waals surface area (Å²) in [5, 5.41) is 5.15. The SMILES string of the molecule is C.CC1(C)c2cc(Br)ccc2-c2ccc(-c3ccc(Br)cc3)cc21.CC1(C)c2cc(Br)ccc2-c2ccc(-c3ccc(N(c4ccc5c(c4)C(C)(C)c4ccccc4-5)c4cccc5ccccc45)cc3)cc21.CC1(C)c2ccccc2-c2ccc(Cc3cccc4ccccc34)cc21. The fourth-order valence-electron chi connectivity index (χ4n) is 16.4. The normalized spacial score (nSPS) is 14.4. The summed E-state index contributed by atoms with van der Waals surface area (Å²) >= 11 is 10.8. The maximum Gasteiger partial charge on any atom is 0.0540 e. The van der Waals surface area contributed by atoms with Gasteiger partial charge in [0.1, 0.15) is 0 Å². The average Bonchev–Trinajstić information content (AvgIpc) is 1.59. The van der Waals surface area contributed by atoms with Gasteiger partial charge in [-0.05, 0) is 224 Å². The molecule has 4 aliphatic rings. The van der Waals surface area contributed by atoms with E-state index in [-0.39, 0.29) is 29.1 Å². The third-order valence-electron chi connectivity index (χ3n) is 21.7. The van der Waals surface area contributed by atoms with E-state index in [1.807, 2.05) is 0 Å². The van der Waals surface area contributed by atoms with E-state index >= 15 is 0 Å². The highest BCUT2D eigenvalue weighted by molar-refractivity contribution is 9.11. The van der Waals surface area contributed by atoms with Crippen LogP contribution in [-0.4, -0.2) is 0 Å². The molecule has 0 aromatic heterocycles. The molecule has 1 nitrogen and oxygen atoms in total. The van der Waals surface area contributed by atoms with Crippen LogP contribution in [0.15, 0.2) is 305 Å². The van der Waals surface area contributed by atoms with E-state index in [9.17, 15) is 0 Å². The second kappa shape index (κ2) is 25.0. The summed E-state index contributed by atoms with van der Waals surface area (Å²) < 4.78 is 3.38. The monoisotopic (exact) mass is 1460 g/mol. The maximum atomic E-state index is 3.70. The Morgan fingerprint density at radius 3 is 1.17 bits per heavy atom. The molecule has 0 fully saturated rings. The number of benzene rings is 14. The van der Waals surface area contributed by atoms with Crippen molar-refractivity contribution in [3.8, 4) is 66.8 Å². The Kier molecular flexibility index (Phi) is 16.5. The van der Waals surface area contributed by atoms with Crippen LogP contribution in [0.4, 0.5) is 17.1 Å². The minimum Gasteiger partial charge on any atom is -0.310 e. The molecule has 0 radical (unpaired) electrons. The third kappa shape index (κ3) is 11.0. The second-order valence-electron chi connectivity index (χ2n) is 28.8. The Balaban J connectivity index is 0.000000132. The van der Waals surface area contributed by atoms with Crippen molar-refractivity contribution in [1.29, 1.82) is 0 Å². The van der Waals surface area contributed by atoms with Crippen LogP contribution in [0.2, 0.25) is 0 Å². The standard InChI is InChI=1S/C46H36BrN.C26H22.C21H16Br2.CH4/c1-45(2)40-14-8-7-13-36(40)39-25-22-34(28-43(39)45)48(44-15-9-11-30-10-5-6-12-35(30)44)33-20-16-29(17-21-33)31-18-23-37-38-24-19-32(47)27-42(38)46(3,4)41(37)26-31;1-26(2)24-13-6-5-12-22(24)23-15-14-18(17-25(23)26)16-20-10-7-9-19-8-3-4-11-21(19)20;1-21(2)19-11-14(13-3-6-15(22)7-4-13)5-9-17(19)18-10-8-16(23)12-20(18)21;/h5-28H,1-4H3;3-15,17H,16H2,1-2H3;3-12H,1-2H3;1H4. The van der Waals surface area contributed by atoms with Gasteiger partial charge in [0, 0.05) is 51.8 Å². The molecule has 0 aliphatic heterocycles. The Labute approximate surface area is 604 Å². The first-order valence-corrected chi connectivity index (χ1v) is 36.2. The molecule has 4 heteroatoms. The number of halogens is 3. The number of anilines is 3. The largest absolute Gasteiger partial charge is 0.310 e. The van der Waals surface area contributed by atoms with Crippen molar-refractivity contribution in [3.05, 3.63) is 360 Å². The molecule has 0 spiro atoms. The highest BCUT2D eigenvalue weighted by atomic mass is 79.9. The Morgan fingerprint density at radius 2 is 0.622 bits per heavy atom. The Hall–Kier alpha value is -9.16. The van der Waals surface area contributed by atoms with Gasteiger partial charge in [0.25, 0.3) is 0 Å². The van der Waals surface area contributed by atoms with Crippen molar-refractivity contribution in [3.63, 3.8) is 0 Å². The minimum absolute atomic E-state index is 0. The summed E-state index contributed by atoms with van der Waals surface area (Å²) in [6.45, 7) is 18.7. The lowest BCUT2D eigenvalue weighted by atomic mass is 9.81. The summed E-state index contributed by atoms with van der Waals surface area (Å²) in [5.41, 5.74) is 33.3. The molecule has 0 N–H and O–H groups in total. The van der Waals surface area contributed by atoms with Gasteiger partial charge in [0.2, 0.25) is 0 Å². The van der Waals surface area contributed by atoms with Gasteiger partial charge in [0.15, 0.2) is 0 Å². The molecular weight excluding hydrogens is 1380 g/mol. The lowest BCUT2D eigenvalue weighted by Crippen LogP contribution is -2.16. The quantitative estimate of drug-likeness (QED) is 0.154. The molecule has 0 unspecified atom stereocenters. The van der Waals surface area contributed by atoms with Gasteiger partial charge in [-0.3, -0.25) is 0 Å². The number of fused-ring (bicyclic) bond motifs is 14. The van der Waals surface area contributed by atoms with Gasteiger partial charge in [-0.25, -0.2) is 0 Å². The lowest BCUT2D eigenvalue weighted by Gasteiger charge is -2.29. The molecule has 98 heavy (non-hydrogen) atoms. The zero-order valence-electron chi connectivity index (χ0n) is 56.0. The average molecular weight is 1460 g/mol. The molecule has 14 aromatic rings. The predicted octanol–water partition coefficient (Wildman–Crippen LogP) is 27.9. The Morgan fingerprint density at radius 1 is 0.265 bits per heavy atom. The van der Waals surface area contributed by atoms with Gasteiger partial charge in [-0.15, -0.1) is 0 Å². The second-order valence-corrected chi connectivity index (χ2v) is 31.6. The molecule has 0 saturated heterocycles. The zero-order valence-corrected chi connectivity index (χ0v) is 60.8. The summed E-state index contributed by atoms with van der Waals surface area (Å²) in [4.78, 5) is 2.44. The molecule has 18 rings (SSSR count). The van der Waals surface area contributed by atoms with Crippen molar-refractivity contribution in [2.45, 2.75) is 90.9 Å². The molecule has 0 saturated carbocycles. The van der Waals surface area contributed by atoms with Gasteiger partial charge in [-0.2, -0.15) is 0 Å². The molecule has 0 heterocycles. The first kappa shape index (κ1) is 64.8. The van der Waals surface area contributed by atoms with E-state index in [1.165, 1.54) is 155 Å². The number of hydrogen-bond acceptors (Lipinski definition) is 1. The van der Waals surface area contributed by atoms with Gasteiger partial charge in [-0.1, -0.05) is 323 Å². The molecule has 0 bridgehead atoms. The number of hydrogen-bond donors (Lipinski definition) is 0. The fourth-order valence-corrected chi connectivity index (χ4v) is 17.4. The van der Waals surface area contributed by atoms with Crippen LogP contribution in [0.25, 0.3) is 88.3 Å². The molecule has 4 aliphatic carbocycles. The zero-order chi connectivity index (χ0) is 66.7. The van der Waals surface area contributed by atoms with Crippen LogP contribution in [0, 0.1) is 0 Å². The van der Waals surface area contributed by atoms with E-state index in [4.69, 9.17) is 0 Å². The van der Waals surface area contributed by atoms with E-state index in [0.29, 0.717) is 0 Å². The van der Waals surface area contributed by atoms with Crippen LogP contribution >= 0.6 is 47.8 Å². The van der Waals surface area contributed by atoms with Crippen molar-refractivity contribution in [1.82, 2.24) is 0 Å². The lowest BCUT2D eigenvalue weighted by molar-refractivity contribution is 0.659. The van der Waals surface area contributed by atoms with Crippen molar-refractivity contribution >= 4 is 86.4 Å². The van der Waals surface area contributed by atoms with E-state index in [2.05, 4.69) is 399 Å². The van der Waals surface area contributed by atoms with Gasteiger partial charge in [0.05, 0.1) is 5.69 Å². The van der Waals surface area contributed by atoms with Gasteiger partial charge >= 0.3 is 0 Å². The van der Waals surface area contributed by atoms with Gasteiger partial charge < -0.3 is 4.90 Å². The van der Waals surface area contributed by atoms with Crippen molar-refractivity contribution in [2.24, 2.45) is 0 Å². The first-order valence-electron chi connectivity index (χ1n) is 33.8. The topological polar surface area (TPSA) is 3.24 Å². The predicted molar refractivity (Wildman–Crippen MR) is 429 cm³/mol. The van der Waals surface area contributed by atoms with Crippen molar-refractivity contribution in [2.75, 3.05) is 4.90 Å². The minimum atomic E-state index is -0.0761. The Bertz CT molecular complexity index is 5460. The van der Waals surface area contributed by atoms with E-state index < -0.39 is 0 Å². The number of rotatable bonds is 7. The van der Waals surface area contributed by atoms with E-state index in [1.54, 1.807) is 0 Å². The molecular formula is C94H78Br3N. The molecule has 0 amide bonds. The van der Waals surface area contributed by atoms with Crippen LogP contribution in [0.5, 0.6) is 0 Å². The van der Waals surface area contributed by atoms with Crippen LogP contribution in [-0.2, 0) is 28.1 Å². The highest BCUT2D eigenvalue weighted by Gasteiger charge is 2.39. The molecule has 480 valence electrons.